The van der Waals surface area contributed by atoms with Crippen LogP contribution in [0, 0.1) is 17.2 Å². The van der Waals surface area contributed by atoms with Gasteiger partial charge in [-0.25, -0.2) is 4.39 Å². The van der Waals surface area contributed by atoms with Crippen LogP contribution in [0.15, 0.2) is 71.8 Å². The van der Waals surface area contributed by atoms with E-state index in [2.05, 4.69) is 5.32 Å². The van der Waals surface area contributed by atoms with Gasteiger partial charge in [-0.2, -0.15) is 0 Å². The van der Waals surface area contributed by atoms with E-state index in [0.717, 1.165) is 18.4 Å². The average Bonchev–Trinajstić information content (AvgIpc) is 2.90. The molecular formula is C32H41ClFN3O3. The molecule has 3 rings (SSSR count). The Bertz CT molecular complexity index is 1210. The van der Waals surface area contributed by atoms with Crippen molar-refractivity contribution in [3.8, 4) is 0 Å². The van der Waals surface area contributed by atoms with Gasteiger partial charge in [0.2, 0.25) is 11.8 Å². The van der Waals surface area contributed by atoms with Crippen molar-refractivity contribution in [3.05, 3.63) is 93.8 Å². The summed E-state index contributed by atoms with van der Waals surface area (Å²) in [4.78, 5) is 28.8. The lowest BCUT2D eigenvalue weighted by Gasteiger charge is -2.42. The maximum atomic E-state index is 14.3. The molecule has 6 nitrogen and oxygen atoms in total. The lowest BCUT2D eigenvalue weighted by molar-refractivity contribution is -0.132. The number of hydrogen-bond donors (Lipinski definition) is 3. The van der Waals surface area contributed by atoms with Gasteiger partial charge in [0, 0.05) is 42.7 Å². The summed E-state index contributed by atoms with van der Waals surface area (Å²) in [6, 6.07) is 13.9. The van der Waals surface area contributed by atoms with Crippen molar-refractivity contribution in [2.45, 2.75) is 59.1 Å². The summed E-state index contributed by atoms with van der Waals surface area (Å²) in [6.07, 6.45) is 4.33. The Kier molecular flexibility index (Phi) is 11.5. The molecule has 2 amide bonds. The fourth-order valence-electron chi connectivity index (χ4n) is 5.66. The largest absolute Gasteiger partial charge is 0.391 e. The molecule has 4 N–H and O–H groups in total. The predicted octanol–water partition coefficient (Wildman–Crippen LogP) is 5.19. The Morgan fingerprint density at radius 2 is 1.80 bits per heavy atom. The van der Waals surface area contributed by atoms with Crippen molar-refractivity contribution in [1.82, 2.24) is 10.2 Å². The van der Waals surface area contributed by atoms with E-state index in [0.29, 0.717) is 36.3 Å². The third-order valence-corrected chi connectivity index (χ3v) is 7.63. The third kappa shape index (κ3) is 8.03. The highest BCUT2D eigenvalue weighted by Gasteiger charge is 2.48. The van der Waals surface area contributed by atoms with Crippen LogP contribution in [0.3, 0.4) is 0 Å². The van der Waals surface area contributed by atoms with Gasteiger partial charge in [-0.3, -0.25) is 9.59 Å². The molecule has 0 radical (unpaired) electrons. The van der Waals surface area contributed by atoms with Crippen molar-refractivity contribution < 1.29 is 19.1 Å². The smallest absolute Gasteiger partial charge is 0.249 e. The van der Waals surface area contributed by atoms with Crippen LogP contribution in [-0.4, -0.2) is 47.6 Å². The number of aliphatic hydroxyl groups excluding tert-OH is 1. The Morgan fingerprint density at radius 1 is 1.12 bits per heavy atom. The first kappa shape index (κ1) is 31.5. The SMILES string of the molecule is CCCN(CCC)C(=O)C1=CC(C)=CC(C(N)=O)([C@H](Cc2cc(F)cc(Cl)c2)[C@@H](O)CNCc2ccccc2)C1. The van der Waals surface area contributed by atoms with Crippen molar-refractivity contribution >= 4 is 23.4 Å². The van der Waals surface area contributed by atoms with Crippen LogP contribution in [0.25, 0.3) is 0 Å². The molecule has 0 heterocycles. The summed E-state index contributed by atoms with van der Waals surface area (Å²) >= 11 is 6.15. The molecule has 0 aromatic heterocycles. The zero-order valence-corrected chi connectivity index (χ0v) is 24.4. The number of nitrogens with two attached hydrogens (primary N) is 1. The molecule has 0 saturated carbocycles. The first-order valence-corrected chi connectivity index (χ1v) is 14.3. The Morgan fingerprint density at radius 3 is 2.40 bits per heavy atom. The molecule has 0 fully saturated rings. The van der Waals surface area contributed by atoms with Gasteiger partial charge in [-0.15, -0.1) is 0 Å². The number of amides is 2. The normalized spacial score (nSPS) is 18.4. The van der Waals surface area contributed by atoms with Gasteiger partial charge in [0.15, 0.2) is 0 Å². The molecule has 3 atom stereocenters. The molecule has 0 bridgehead atoms. The number of halogens is 2. The topological polar surface area (TPSA) is 95.7 Å². The number of benzene rings is 2. The van der Waals surface area contributed by atoms with Gasteiger partial charge >= 0.3 is 0 Å². The lowest BCUT2D eigenvalue weighted by Crippen LogP contribution is -2.51. The molecule has 216 valence electrons. The van der Waals surface area contributed by atoms with Crippen molar-refractivity contribution in [1.29, 1.82) is 0 Å². The van der Waals surface area contributed by atoms with E-state index in [1.807, 2.05) is 51.1 Å². The average molecular weight is 570 g/mol. The Hall–Kier alpha value is -3.00. The van der Waals surface area contributed by atoms with Crippen LogP contribution in [-0.2, 0) is 22.6 Å². The van der Waals surface area contributed by atoms with Gasteiger partial charge in [0.1, 0.15) is 5.82 Å². The first-order valence-electron chi connectivity index (χ1n) is 14.0. The van der Waals surface area contributed by atoms with Crippen molar-refractivity contribution in [2.24, 2.45) is 17.1 Å². The number of carbonyl (C=O) groups excluding carboxylic acids is 2. The summed E-state index contributed by atoms with van der Waals surface area (Å²) in [5.74, 6) is -2.04. The molecule has 0 spiro atoms. The van der Waals surface area contributed by atoms with E-state index < -0.39 is 29.2 Å². The zero-order chi connectivity index (χ0) is 29.3. The van der Waals surface area contributed by atoms with Crippen LogP contribution < -0.4 is 11.1 Å². The van der Waals surface area contributed by atoms with Crippen LogP contribution in [0.5, 0.6) is 0 Å². The monoisotopic (exact) mass is 569 g/mol. The van der Waals surface area contributed by atoms with Crippen LogP contribution in [0.4, 0.5) is 4.39 Å². The van der Waals surface area contributed by atoms with E-state index >= 15 is 0 Å². The standard InChI is InChI=1S/C32H41ClFN3O3/c1-4-11-37(12-5-2)30(39)25-13-22(3)18-32(19-25,31(35)40)28(16-24-14-26(33)17-27(34)15-24)29(38)21-36-20-23-9-7-6-8-10-23/h6-10,13-15,17-18,28-29,36,38H,4-5,11-12,16,19-21H2,1-3H3,(H2,35,40)/t28-,29+,32?/m1/s1. The molecule has 1 aliphatic rings. The predicted molar refractivity (Wildman–Crippen MR) is 158 cm³/mol. The number of nitrogens with one attached hydrogen (secondary N) is 1. The molecule has 2 aromatic carbocycles. The summed E-state index contributed by atoms with van der Waals surface area (Å²) in [6.45, 7) is 7.74. The van der Waals surface area contributed by atoms with E-state index in [4.69, 9.17) is 17.3 Å². The van der Waals surface area contributed by atoms with Gasteiger partial charge in [0.25, 0.3) is 0 Å². The third-order valence-electron chi connectivity index (χ3n) is 7.41. The number of primary amides is 1. The molecule has 1 aliphatic carbocycles. The molecule has 2 aromatic rings. The molecular weight excluding hydrogens is 529 g/mol. The number of hydrogen-bond acceptors (Lipinski definition) is 4. The van der Waals surface area contributed by atoms with Crippen molar-refractivity contribution in [3.63, 3.8) is 0 Å². The zero-order valence-electron chi connectivity index (χ0n) is 23.6. The van der Waals surface area contributed by atoms with Gasteiger partial charge in [0.05, 0.1) is 11.5 Å². The fraction of sp³-hybridized carbons (Fsp3) is 0.438. The molecule has 1 unspecified atom stereocenters. The second-order valence-corrected chi connectivity index (χ2v) is 11.1. The number of rotatable bonds is 14. The summed E-state index contributed by atoms with van der Waals surface area (Å²) in [7, 11) is 0. The first-order chi connectivity index (χ1) is 19.1. The van der Waals surface area contributed by atoms with Crippen LogP contribution in [0.2, 0.25) is 5.02 Å². The second-order valence-electron chi connectivity index (χ2n) is 10.7. The maximum Gasteiger partial charge on any atom is 0.249 e. The number of aliphatic hydroxyl groups is 1. The molecule has 40 heavy (non-hydrogen) atoms. The van der Waals surface area contributed by atoms with E-state index in [9.17, 15) is 19.1 Å². The summed E-state index contributed by atoms with van der Waals surface area (Å²) in [5.41, 5.74) is 7.52. The van der Waals surface area contributed by atoms with E-state index in [1.54, 1.807) is 23.1 Å². The van der Waals surface area contributed by atoms with Gasteiger partial charge in [-0.1, -0.05) is 73.5 Å². The maximum absolute atomic E-state index is 14.3. The van der Waals surface area contributed by atoms with Gasteiger partial charge in [-0.05, 0) is 61.9 Å². The minimum atomic E-state index is -1.37. The quantitative estimate of drug-likeness (QED) is 0.292. The molecule has 8 heteroatoms. The number of nitrogens with zero attached hydrogens (tertiary/aromatic N) is 1. The molecule has 0 saturated heterocycles. The van der Waals surface area contributed by atoms with E-state index in [1.165, 1.54) is 12.1 Å². The number of allylic oxidation sites excluding steroid dienone is 2. The minimum Gasteiger partial charge on any atom is -0.391 e. The number of carbonyl (C=O) groups is 2. The fourth-order valence-corrected chi connectivity index (χ4v) is 5.91. The van der Waals surface area contributed by atoms with Gasteiger partial charge < -0.3 is 21.1 Å². The summed E-state index contributed by atoms with van der Waals surface area (Å²) < 4.78 is 14.3. The van der Waals surface area contributed by atoms with Crippen LogP contribution in [0.1, 0.15) is 51.2 Å². The minimum absolute atomic E-state index is 0.0475. The highest BCUT2D eigenvalue weighted by Crippen LogP contribution is 2.44. The highest BCUT2D eigenvalue weighted by molar-refractivity contribution is 6.30. The Balaban J connectivity index is 1.99. The van der Waals surface area contributed by atoms with Crippen LogP contribution >= 0.6 is 11.6 Å². The highest BCUT2D eigenvalue weighted by atomic mass is 35.5. The van der Waals surface area contributed by atoms with E-state index in [-0.39, 0.29) is 30.3 Å². The van der Waals surface area contributed by atoms with Crippen molar-refractivity contribution in [2.75, 3.05) is 19.6 Å². The molecule has 0 aliphatic heterocycles. The lowest BCUT2D eigenvalue weighted by atomic mass is 9.63. The second kappa shape index (κ2) is 14.6. The Labute approximate surface area is 242 Å². The summed E-state index contributed by atoms with van der Waals surface area (Å²) in [5, 5.41) is 15.1.